The van der Waals surface area contributed by atoms with Crippen molar-refractivity contribution < 1.29 is 9.31 Å². The number of aryl methyl sites for hydroxylation is 1. The van der Waals surface area contributed by atoms with Gasteiger partial charge >= 0.3 is 7.12 Å². The van der Waals surface area contributed by atoms with Gasteiger partial charge in [0, 0.05) is 17.7 Å². The van der Waals surface area contributed by atoms with Gasteiger partial charge in [-0.1, -0.05) is 6.07 Å². The predicted molar refractivity (Wildman–Crippen MR) is 77.3 cm³/mol. The van der Waals surface area contributed by atoms with Crippen LogP contribution in [0.15, 0.2) is 12.3 Å². The lowest BCUT2D eigenvalue weighted by atomic mass is 9.79. The highest BCUT2D eigenvalue weighted by Gasteiger charge is 2.51. The first-order chi connectivity index (χ1) is 8.64. The molecule has 2 N–H and O–H groups in total. The van der Waals surface area contributed by atoms with Crippen LogP contribution in [-0.2, 0) is 9.31 Å². The van der Waals surface area contributed by atoms with Gasteiger partial charge in [0.1, 0.15) is 0 Å². The van der Waals surface area contributed by atoms with Gasteiger partial charge in [-0.2, -0.15) is 0 Å². The number of pyridine rings is 1. The molecule has 0 spiro atoms. The molecule has 1 saturated heterocycles. The largest absolute Gasteiger partial charge is 0.496 e. The summed E-state index contributed by atoms with van der Waals surface area (Å²) in [5, 5.41) is 0. The van der Waals surface area contributed by atoms with Crippen LogP contribution in [0, 0.1) is 6.92 Å². The SMILES string of the molecule is Cc1cc(B2OC(C)(C)C(C)(C)O2)cnc1C(C)N. The Morgan fingerprint density at radius 2 is 1.74 bits per heavy atom. The number of nitrogens with zero attached hydrogens (tertiary/aromatic N) is 1. The molecule has 0 saturated carbocycles. The number of aromatic nitrogens is 1. The van der Waals surface area contributed by atoms with Crippen LogP contribution in [0.25, 0.3) is 0 Å². The topological polar surface area (TPSA) is 57.4 Å². The highest BCUT2D eigenvalue weighted by atomic mass is 16.7. The number of nitrogens with two attached hydrogens (primary N) is 1. The van der Waals surface area contributed by atoms with E-state index in [0.29, 0.717) is 0 Å². The minimum absolute atomic E-state index is 0.0626. The Balaban J connectivity index is 2.28. The molecule has 0 amide bonds. The molecule has 1 unspecified atom stereocenters. The summed E-state index contributed by atoms with van der Waals surface area (Å²) in [4.78, 5) is 4.43. The monoisotopic (exact) mass is 262 g/mol. The van der Waals surface area contributed by atoms with Crippen molar-refractivity contribution in [3.63, 3.8) is 0 Å². The van der Waals surface area contributed by atoms with E-state index in [1.807, 2.05) is 47.6 Å². The molecule has 0 radical (unpaired) electrons. The van der Waals surface area contributed by atoms with Crippen molar-refractivity contribution in [3.8, 4) is 0 Å². The molecule has 0 aromatic carbocycles. The zero-order chi connectivity index (χ0) is 14.4. The van der Waals surface area contributed by atoms with Crippen LogP contribution in [0.2, 0.25) is 0 Å². The summed E-state index contributed by atoms with van der Waals surface area (Å²) in [6.45, 7) is 12.1. The Morgan fingerprint density at radius 3 is 2.16 bits per heavy atom. The van der Waals surface area contributed by atoms with Crippen molar-refractivity contribution >= 4 is 12.6 Å². The lowest BCUT2D eigenvalue weighted by Gasteiger charge is -2.32. The third-order valence-corrected chi connectivity index (χ3v) is 4.10. The summed E-state index contributed by atoms with van der Waals surface area (Å²) in [6.07, 6.45) is 1.80. The van der Waals surface area contributed by atoms with E-state index in [9.17, 15) is 0 Å². The molecule has 4 nitrogen and oxygen atoms in total. The fourth-order valence-electron chi connectivity index (χ4n) is 2.19. The Bertz CT molecular complexity index is 470. The first-order valence-electron chi connectivity index (χ1n) is 6.72. The molecule has 104 valence electrons. The smallest absolute Gasteiger partial charge is 0.399 e. The van der Waals surface area contributed by atoms with Gasteiger partial charge in [-0.15, -0.1) is 0 Å². The van der Waals surface area contributed by atoms with Gasteiger partial charge in [-0.05, 0) is 47.1 Å². The van der Waals surface area contributed by atoms with E-state index in [2.05, 4.69) is 4.98 Å². The molecule has 1 aliphatic rings. The Kier molecular flexibility index (Phi) is 3.50. The summed E-state index contributed by atoms with van der Waals surface area (Å²) in [5.41, 5.74) is 8.16. The average Bonchev–Trinajstić information content (AvgIpc) is 2.47. The summed E-state index contributed by atoms with van der Waals surface area (Å²) in [5.74, 6) is 0. The van der Waals surface area contributed by atoms with Crippen LogP contribution >= 0.6 is 0 Å². The first kappa shape index (κ1) is 14.5. The fraction of sp³-hybridized carbons (Fsp3) is 0.643. The Hall–Kier alpha value is -0.905. The summed E-state index contributed by atoms with van der Waals surface area (Å²) < 4.78 is 12.0. The molecule has 1 aliphatic heterocycles. The standard InChI is InChI=1S/C14H23BN2O2/c1-9-7-11(8-17-12(9)10(2)16)15-18-13(3,4)14(5,6)19-15/h7-8,10H,16H2,1-6H3. The van der Waals surface area contributed by atoms with Crippen molar-refractivity contribution in [2.45, 2.75) is 58.8 Å². The highest BCUT2D eigenvalue weighted by molar-refractivity contribution is 6.62. The zero-order valence-electron chi connectivity index (χ0n) is 12.7. The van der Waals surface area contributed by atoms with Crippen molar-refractivity contribution in [3.05, 3.63) is 23.5 Å². The lowest BCUT2D eigenvalue weighted by molar-refractivity contribution is 0.00578. The molecular formula is C14H23BN2O2. The number of rotatable bonds is 2. The lowest BCUT2D eigenvalue weighted by Crippen LogP contribution is -2.41. The maximum atomic E-state index is 6.01. The van der Waals surface area contributed by atoms with E-state index in [4.69, 9.17) is 15.0 Å². The minimum Gasteiger partial charge on any atom is -0.399 e. The normalized spacial score (nSPS) is 22.6. The van der Waals surface area contributed by atoms with Gasteiger partial charge in [-0.25, -0.2) is 0 Å². The molecule has 0 bridgehead atoms. The Labute approximate surface area is 115 Å². The van der Waals surface area contributed by atoms with Crippen molar-refractivity contribution in [2.24, 2.45) is 5.73 Å². The van der Waals surface area contributed by atoms with Crippen molar-refractivity contribution in [1.82, 2.24) is 4.98 Å². The van der Waals surface area contributed by atoms with Crippen LogP contribution in [0.3, 0.4) is 0 Å². The van der Waals surface area contributed by atoms with E-state index in [-0.39, 0.29) is 24.4 Å². The fourth-order valence-corrected chi connectivity index (χ4v) is 2.19. The van der Waals surface area contributed by atoms with Crippen molar-refractivity contribution in [1.29, 1.82) is 0 Å². The third-order valence-electron chi connectivity index (χ3n) is 4.10. The van der Waals surface area contributed by atoms with E-state index < -0.39 is 0 Å². The highest BCUT2D eigenvalue weighted by Crippen LogP contribution is 2.36. The predicted octanol–water partition coefficient (Wildman–Crippen LogP) is 1.71. The second kappa shape index (κ2) is 4.58. The molecule has 1 aromatic rings. The molecule has 19 heavy (non-hydrogen) atoms. The summed E-state index contributed by atoms with van der Waals surface area (Å²) >= 11 is 0. The molecule has 5 heteroatoms. The van der Waals surface area contributed by atoms with E-state index in [1.165, 1.54) is 0 Å². The van der Waals surface area contributed by atoms with Crippen molar-refractivity contribution in [2.75, 3.05) is 0 Å². The van der Waals surface area contributed by atoms with Crippen LogP contribution in [0.5, 0.6) is 0 Å². The maximum Gasteiger partial charge on any atom is 0.496 e. The molecule has 2 rings (SSSR count). The van der Waals surface area contributed by atoms with E-state index in [1.54, 1.807) is 6.20 Å². The van der Waals surface area contributed by atoms with E-state index >= 15 is 0 Å². The van der Waals surface area contributed by atoms with Crippen LogP contribution < -0.4 is 11.2 Å². The van der Waals surface area contributed by atoms with Gasteiger partial charge < -0.3 is 15.0 Å². The second-order valence-corrected chi connectivity index (χ2v) is 6.35. The third kappa shape index (κ3) is 2.55. The van der Waals surface area contributed by atoms with Gasteiger partial charge in [0.15, 0.2) is 0 Å². The van der Waals surface area contributed by atoms with E-state index in [0.717, 1.165) is 16.7 Å². The van der Waals surface area contributed by atoms with Crippen LogP contribution in [0.1, 0.15) is 51.9 Å². The molecule has 1 aromatic heterocycles. The van der Waals surface area contributed by atoms with Gasteiger partial charge in [0.05, 0.1) is 16.9 Å². The van der Waals surface area contributed by atoms with Crippen LogP contribution in [0.4, 0.5) is 0 Å². The minimum atomic E-state index is -0.363. The molecule has 0 aliphatic carbocycles. The quantitative estimate of drug-likeness (QED) is 0.824. The zero-order valence-corrected chi connectivity index (χ0v) is 12.7. The van der Waals surface area contributed by atoms with Gasteiger partial charge in [0.2, 0.25) is 0 Å². The summed E-state index contributed by atoms with van der Waals surface area (Å²) in [6, 6.07) is 1.99. The number of hydrogen-bond donors (Lipinski definition) is 1. The average molecular weight is 262 g/mol. The summed E-state index contributed by atoms with van der Waals surface area (Å²) in [7, 11) is -0.363. The van der Waals surface area contributed by atoms with Crippen LogP contribution in [-0.4, -0.2) is 23.3 Å². The Morgan fingerprint density at radius 1 is 1.21 bits per heavy atom. The second-order valence-electron chi connectivity index (χ2n) is 6.35. The molecule has 2 heterocycles. The molecular weight excluding hydrogens is 239 g/mol. The number of hydrogen-bond acceptors (Lipinski definition) is 4. The maximum absolute atomic E-state index is 6.01. The molecule has 1 atom stereocenters. The van der Waals surface area contributed by atoms with Gasteiger partial charge in [-0.3, -0.25) is 4.98 Å². The first-order valence-corrected chi connectivity index (χ1v) is 6.72. The molecule has 1 fully saturated rings. The van der Waals surface area contributed by atoms with Gasteiger partial charge in [0.25, 0.3) is 0 Å².